The topological polar surface area (TPSA) is 55.8 Å². The van der Waals surface area contributed by atoms with Crippen LogP contribution in [0.2, 0.25) is 0 Å². The zero-order valence-electron chi connectivity index (χ0n) is 18.2. The first kappa shape index (κ1) is 21.0. The maximum atomic E-state index is 11.0. The number of carboxylic acid groups (broad SMARTS) is 1. The highest BCUT2D eigenvalue weighted by Crippen LogP contribution is 2.42. The molecule has 0 spiro atoms. The number of carbonyl (C=O) groups is 1. The van der Waals surface area contributed by atoms with E-state index in [2.05, 4.69) is 38.2 Å². The fraction of sp³-hybridized carbons (Fsp3) is 0.296. The summed E-state index contributed by atoms with van der Waals surface area (Å²) in [4.78, 5) is 11.0. The van der Waals surface area contributed by atoms with E-state index in [0.717, 1.165) is 47.7 Å². The van der Waals surface area contributed by atoms with Gasteiger partial charge in [0, 0.05) is 23.6 Å². The van der Waals surface area contributed by atoms with E-state index in [4.69, 9.17) is 14.6 Å². The second-order valence-electron chi connectivity index (χ2n) is 8.74. The largest absolute Gasteiger partial charge is 0.497 e. The zero-order chi connectivity index (χ0) is 22.0. The smallest absolute Gasteiger partial charge is 0.328 e. The Morgan fingerprint density at radius 1 is 1.26 bits per heavy atom. The zero-order valence-corrected chi connectivity index (χ0v) is 18.2. The Kier molecular flexibility index (Phi) is 5.73. The standard InChI is InChI=1S/C27H28O4/c1-27(2)15-5-8-18(11-14-25(28)29)23(27)13-10-19-6-4-7-21-16-20-9-12-22(30-3)17-24(20)31-26(19)21/h5,8-17,23H,4,6-7H2,1-3H3,(H,28,29)/b13-10+,14-11?. The van der Waals surface area contributed by atoms with E-state index in [1.54, 1.807) is 13.2 Å². The van der Waals surface area contributed by atoms with Crippen molar-refractivity contribution in [3.63, 3.8) is 0 Å². The predicted molar refractivity (Wildman–Crippen MR) is 123 cm³/mol. The van der Waals surface area contributed by atoms with E-state index >= 15 is 0 Å². The third kappa shape index (κ3) is 4.43. The third-order valence-corrected chi connectivity index (χ3v) is 6.12. The van der Waals surface area contributed by atoms with Gasteiger partial charge in [-0.25, -0.2) is 4.79 Å². The van der Waals surface area contributed by atoms with Gasteiger partial charge in [-0.3, -0.25) is 0 Å². The molecular formula is C27H28O4. The lowest BCUT2D eigenvalue weighted by molar-refractivity contribution is -0.131. The van der Waals surface area contributed by atoms with Crippen LogP contribution < -0.4 is 9.47 Å². The van der Waals surface area contributed by atoms with Crippen LogP contribution in [0.25, 0.3) is 6.08 Å². The summed E-state index contributed by atoms with van der Waals surface area (Å²) in [5, 5.41) is 9.05. The molecule has 2 aliphatic carbocycles. The van der Waals surface area contributed by atoms with Gasteiger partial charge in [-0.1, -0.05) is 50.3 Å². The first-order valence-electron chi connectivity index (χ1n) is 10.7. The summed E-state index contributed by atoms with van der Waals surface area (Å²) in [5.41, 5.74) is 4.36. The van der Waals surface area contributed by atoms with Crippen molar-refractivity contribution in [3.05, 3.63) is 88.8 Å². The van der Waals surface area contributed by atoms with E-state index in [-0.39, 0.29) is 11.3 Å². The van der Waals surface area contributed by atoms with Crippen molar-refractivity contribution in [1.29, 1.82) is 0 Å². The van der Waals surface area contributed by atoms with E-state index < -0.39 is 5.97 Å². The van der Waals surface area contributed by atoms with E-state index in [1.165, 1.54) is 17.2 Å². The molecule has 1 atom stereocenters. The van der Waals surface area contributed by atoms with Crippen LogP contribution in [0, 0.1) is 11.3 Å². The monoisotopic (exact) mass is 416 g/mol. The van der Waals surface area contributed by atoms with Crippen molar-refractivity contribution in [2.75, 3.05) is 7.11 Å². The van der Waals surface area contributed by atoms with Crippen molar-refractivity contribution in [3.8, 4) is 11.5 Å². The van der Waals surface area contributed by atoms with Crippen molar-refractivity contribution >= 4 is 12.0 Å². The maximum absolute atomic E-state index is 11.0. The first-order valence-corrected chi connectivity index (χ1v) is 10.7. The number of ether oxygens (including phenoxy) is 2. The SMILES string of the molecule is COc1ccc2c(c1)OC1=C(/C=C/C3C(C=CC(=O)O)=CC=CC3(C)C)CCCC1=C2. The molecule has 0 aromatic heterocycles. The number of aliphatic carboxylic acids is 1. The minimum absolute atomic E-state index is 0.0755. The molecule has 1 heterocycles. The highest BCUT2D eigenvalue weighted by atomic mass is 16.5. The van der Waals surface area contributed by atoms with E-state index in [9.17, 15) is 4.79 Å². The molecule has 4 rings (SSSR count). The van der Waals surface area contributed by atoms with Crippen LogP contribution >= 0.6 is 0 Å². The normalized spacial score (nSPS) is 22.0. The van der Waals surface area contributed by atoms with Crippen LogP contribution in [-0.2, 0) is 4.79 Å². The molecule has 1 aromatic rings. The minimum atomic E-state index is -0.937. The van der Waals surface area contributed by atoms with E-state index in [1.807, 2.05) is 30.4 Å². The van der Waals surface area contributed by atoms with E-state index in [0.29, 0.717) is 0 Å². The van der Waals surface area contributed by atoms with Gasteiger partial charge in [0.1, 0.15) is 17.3 Å². The van der Waals surface area contributed by atoms with Gasteiger partial charge in [0.2, 0.25) is 0 Å². The fourth-order valence-electron chi connectivity index (χ4n) is 4.42. The Labute approximate surface area is 183 Å². The fourth-order valence-corrected chi connectivity index (χ4v) is 4.42. The van der Waals surface area contributed by atoms with Gasteiger partial charge in [0.05, 0.1) is 7.11 Å². The highest BCUT2D eigenvalue weighted by molar-refractivity contribution is 5.80. The number of methoxy groups -OCH3 is 1. The lowest BCUT2D eigenvalue weighted by Crippen LogP contribution is -2.23. The van der Waals surface area contributed by atoms with Gasteiger partial charge in [0.25, 0.3) is 0 Å². The molecule has 0 saturated heterocycles. The van der Waals surface area contributed by atoms with Crippen LogP contribution in [-0.4, -0.2) is 18.2 Å². The average Bonchev–Trinajstić information content (AvgIpc) is 2.74. The molecule has 0 radical (unpaired) electrons. The number of fused-ring (bicyclic) bond motifs is 2. The van der Waals surface area contributed by atoms with Gasteiger partial charge in [-0.05, 0) is 59.6 Å². The summed E-state index contributed by atoms with van der Waals surface area (Å²) in [6, 6.07) is 5.91. The van der Waals surface area contributed by atoms with Crippen molar-refractivity contribution in [2.24, 2.45) is 11.3 Å². The van der Waals surface area contributed by atoms with Gasteiger partial charge in [-0.2, -0.15) is 0 Å². The number of allylic oxidation sites excluding steroid dienone is 9. The van der Waals surface area contributed by atoms with Gasteiger partial charge in [0.15, 0.2) is 0 Å². The molecule has 0 bridgehead atoms. The average molecular weight is 417 g/mol. The summed E-state index contributed by atoms with van der Waals surface area (Å²) in [5.74, 6) is 1.68. The van der Waals surface area contributed by atoms with Gasteiger partial charge >= 0.3 is 5.97 Å². The van der Waals surface area contributed by atoms with Crippen LogP contribution in [0.15, 0.2) is 83.2 Å². The van der Waals surface area contributed by atoms with Crippen LogP contribution in [0.5, 0.6) is 11.5 Å². The Morgan fingerprint density at radius 3 is 2.87 bits per heavy atom. The van der Waals surface area contributed by atoms with Crippen LogP contribution in [0.1, 0.15) is 38.7 Å². The minimum Gasteiger partial charge on any atom is -0.497 e. The molecule has 3 aliphatic rings. The number of hydrogen-bond acceptors (Lipinski definition) is 3. The van der Waals surface area contributed by atoms with Crippen molar-refractivity contribution < 1.29 is 19.4 Å². The van der Waals surface area contributed by atoms with Gasteiger partial charge < -0.3 is 14.6 Å². The van der Waals surface area contributed by atoms with Crippen LogP contribution in [0.3, 0.4) is 0 Å². The molecule has 31 heavy (non-hydrogen) atoms. The number of benzene rings is 1. The maximum Gasteiger partial charge on any atom is 0.328 e. The summed E-state index contributed by atoms with van der Waals surface area (Å²) < 4.78 is 11.7. The summed E-state index contributed by atoms with van der Waals surface area (Å²) in [7, 11) is 1.66. The Balaban J connectivity index is 1.67. The quantitative estimate of drug-likeness (QED) is 0.577. The number of rotatable bonds is 5. The second-order valence-corrected chi connectivity index (χ2v) is 8.74. The third-order valence-electron chi connectivity index (χ3n) is 6.12. The lowest BCUT2D eigenvalue weighted by Gasteiger charge is -2.33. The number of hydrogen-bond donors (Lipinski definition) is 1. The summed E-state index contributed by atoms with van der Waals surface area (Å²) in [6.45, 7) is 4.34. The van der Waals surface area contributed by atoms with Crippen molar-refractivity contribution in [2.45, 2.75) is 33.1 Å². The molecule has 160 valence electrons. The Bertz CT molecular complexity index is 1080. The highest BCUT2D eigenvalue weighted by Gasteiger charge is 2.30. The molecule has 0 saturated carbocycles. The molecule has 4 heteroatoms. The molecular weight excluding hydrogens is 388 g/mol. The molecule has 0 fully saturated rings. The van der Waals surface area contributed by atoms with Crippen LogP contribution in [0.4, 0.5) is 0 Å². The Morgan fingerprint density at radius 2 is 2.10 bits per heavy atom. The first-order chi connectivity index (χ1) is 14.9. The van der Waals surface area contributed by atoms with Gasteiger partial charge in [-0.15, -0.1) is 0 Å². The summed E-state index contributed by atoms with van der Waals surface area (Å²) >= 11 is 0. The molecule has 1 N–H and O–H groups in total. The second kappa shape index (κ2) is 8.46. The molecule has 4 nitrogen and oxygen atoms in total. The molecule has 1 aromatic carbocycles. The predicted octanol–water partition coefficient (Wildman–Crippen LogP) is 6.24. The summed E-state index contributed by atoms with van der Waals surface area (Å²) in [6.07, 6.45) is 18.7. The molecule has 0 amide bonds. The van der Waals surface area contributed by atoms with Crippen molar-refractivity contribution in [1.82, 2.24) is 0 Å². The molecule has 1 aliphatic heterocycles. The lowest BCUT2D eigenvalue weighted by atomic mass is 9.71. The number of carboxylic acids is 1. The Hall–Kier alpha value is -3.27. The molecule has 1 unspecified atom stereocenters.